The van der Waals surface area contributed by atoms with Crippen molar-refractivity contribution in [3.8, 4) is 0 Å². The second-order valence-corrected chi connectivity index (χ2v) is 6.64. The third-order valence-electron chi connectivity index (χ3n) is 4.69. The molecule has 3 rings (SSSR count). The minimum atomic E-state index is -0.341. The lowest BCUT2D eigenvalue weighted by Gasteiger charge is -2.26. The fourth-order valence-electron chi connectivity index (χ4n) is 2.97. The van der Waals surface area contributed by atoms with Gasteiger partial charge < -0.3 is 15.4 Å². The fraction of sp³-hybridized carbons (Fsp3) is 0.381. The predicted octanol–water partition coefficient (Wildman–Crippen LogP) is 1.96. The first kappa shape index (κ1) is 20.0. The summed E-state index contributed by atoms with van der Waals surface area (Å²) in [5.41, 5.74) is 2.53. The lowest BCUT2D eigenvalue weighted by molar-refractivity contribution is 0.0383. The van der Waals surface area contributed by atoms with Gasteiger partial charge in [0.25, 0.3) is 11.8 Å². The van der Waals surface area contributed by atoms with Gasteiger partial charge >= 0.3 is 0 Å². The van der Waals surface area contributed by atoms with Crippen molar-refractivity contribution in [1.29, 1.82) is 0 Å². The predicted molar refractivity (Wildman–Crippen MR) is 108 cm³/mol. The number of hydrogen-bond acceptors (Lipinski definition) is 5. The molecule has 0 unspecified atom stereocenters. The molecule has 0 saturated carbocycles. The summed E-state index contributed by atoms with van der Waals surface area (Å²) in [5, 5.41) is 5.70. The Labute approximate surface area is 165 Å². The van der Waals surface area contributed by atoms with Crippen LogP contribution in [0.5, 0.6) is 0 Å². The van der Waals surface area contributed by atoms with Crippen molar-refractivity contribution in [2.45, 2.75) is 13.3 Å². The number of anilines is 1. The Morgan fingerprint density at radius 2 is 1.86 bits per heavy atom. The number of benzene rings is 1. The molecule has 1 aliphatic heterocycles. The van der Waals surface area contributed by atoms with Crippen LogP contribution in [0.4, 0.5) is 5.69 Å². The molecule has 1 aliphatic rings. The molecule has 0 spiro atoms. The molecule has 2 heterocycles. The molecule has 1 aromatic heterocycles. The molecule has 1 saturated heterocycles. The van der Waals surface area contributed by atoms with Gasteiger partial charge in [0.1, 0.15) is 5.69 Å². The van der Waals surface area contributed by atoms with Gasteiger partial charge in [0, 0.05) is 43.6 Å². The van der Waals surface area contributed by atoms with E-state index in [-0.39, 0.29) is 17.5 Å². The third-order valence-corrected chi connectivity index (χ3v) is 4.69. The zero-order valence-electron chi connectivity index (χ0n) is 16.1. The van der Waals surface area contributed by atoms with E-state index in [2.05, 4.69) is 27.4 Å². The number of nitrogens with zero attached hydrogens (tertiary/aromatic N) is 2. The highest BCUT2D eigenvalue weighted by molar-refractivity contribution is 6.04. The number of aromatic nitrogens is 1. The molecule has 7 nitrogen and oxygen atoms in total. The summed E-state index contributed by atoms with van der Waals surface area (Å²) in [6, 6.07) is 10.8. The summed E-state index contributed by atoms with van der Waals surface area (Å²) in [4.78, 5) is 31.2. The van der Waals surface area contributed by atoms with Crippen LogP contribution in [0.15, 0.2) is 42.6 Å². The second-order valence-electron chi connectivity index (χ2n) is 6.64. The summed E-state index contributed by atoms with van der Waals surface area (Å²) in [6.07, 6.45) is 2.42. The van der Waals surface area contributed by atoms with Crippen molar-refractivity contribution < 1.29 is 14.3 Å². The van der Waals surface area contributed by atoms with Crippen LogP contribution in [-0.2, 0) is 11.2 Å². The number of hydrogen-bond donors (Lipinski definition) is 2. The first-order chi connectivity index (χ1) is 13.7. The molecule has 1 aromatic carbocycles. The van der Waals surface area contributed by atoms with Gasteiger partial charge in [0.2, 0.25) is 0 Å². The van der Waals surface area contributed by atoms with Crippen LogP contribution >= 0.6 is 0 Å². The number of ether oxygens (including phenoxy) is 1. The number of nitrogens with one attached hydrogen (secondary N) is 2. The molecule has 1 fully saturated rings. The van der Waals surface area contributed by atoms with Crippen molar-refractivity contribution >= 4 is 17.5 Å². The van der Waals surface area contributed by atoms with E-state index < -0.39 is 0 Å². The second kappa shape index (κ2) is 9.96. The van der Waals surface area contributed by atoms with Gasteiger partial charge in [-0.15, -0.1) is 0 Å². The van der Waals surface area contributed by atoms with Gasteiger partial charge in [0.15, 0.2) is 0 Å². The molecule has 2 N–H and O–H groups in total. The van der Waals surface area contributed by atoms with E-state index in [1.54, 1.807) is 6.07 Å². The fourth-order valence-corrected chi connectivity index (χ4v) is 2.97. The maximum Gasteiger partial charge on any atom is 0.274 e. The number of morpholine rings is 1. The summed E-state index contributed by atoms with van der Waals surface area (Å²) < 4.78 is 5.31. The monoisotopic (exact) mass is 382 g/mol. The van der Waals surface area contributed by atoms with Crippen molar-refractivity contribution in [1.82, 2.24) is 15.2 Å². The van der Waals surface area contributed by atoms with Gasteiger partial charge in [-0.2, -0.15) is 0 Å². The molecule has 28 heavy (non-hydrogen) atoms. The average molecular weight is 382 g/mol. The molecular formula is C21H26N4O3. The topological polar surface area (TPSA) is 83.6 Å². The van der Waals surface area contributed by atoms with Crippen LogP contribution in [0.25, 0.3) is 0 Å². The normalized spacial score (nSPS) is 14.5. The Morgan fingerprint density at radius 3 is 2.57 bits per heavy atom. The molecule has 148 valence electrons. The molecule has 0 radical (unpaired) electrons. The van der Waals surface area contributed by atoms with E-state index in [4.69, 9.17) is 4.74 Å². The van der Waals surface area contributed by atoms with Gasteiger partial charge in [-0.05, 0) is 36.2 Å². The van der Waals surface area contributed by atoms with E-state index in [0.717, 1.165) is 39.3 Å². The smallest absolute Gasteiger partial charge is 0.274 e. The number of pyridine rings is 1. The van der Waals surface area contributed by atoms with Crippen molar-refractivity contribution in [3.05, 3.63) is 59.4 Å². The Kier molecular flexibility index (Phi) is 7.11. The van der Waals surface area contributed by atoms with E-state index in [1.165, 1.54) is 17.8 Å². The first-order valence-corrected chi connectivity index (χ1v) is 9.60. The van der Waals surface area contributed by atoms with Crippen molar-refractivity contribution in [2.24, 2.45) is 0 Å². The molecule has 7 heteroatoms. The van der Waals surface area contributed by atoms with E-state index in [1.807, 2.05) is 24.3 Å². The van der Waals surface area contributed by atoms with Crippen LogP contribution in [0.1, 0.15) is 33.3 Å². The highest BCUT2D eigenvalue weighted by atomic mass is 16.5. The van der Waals surface area contributed by atoms with Crippen LogP contribution in [-0.4, -0.2) is 61.1 Å². The number of carbonyl (C=O) groups excluding carboxylic acids is 2. The van der Waals surface area contributed by atoms with E-state index in [9.17, 15) is 9.59 Å². The largest absolute Gasteiger partial charge is 0.379 e. The Hall–Kier alpha value is -2.77. The lowest BCUT2D eigenvalue weighted by atomic mass is 10.1. The maximum atomic E-state index is 12.4. The molecular weight excluding hydrogens is 356 g/mol. The molecule has 0 bridgehead atoms. The molecule has 0 aliphatic carbocycles. The van der Waals surface area contributed by atoms with Crippen LogP contribution in [0.2, 0.25) is 0 Å². The average Bonchev–Trinajstić information content (AvgIpc) is 2.75. The summed E-state index contributed by atoms with van der Waals surface area (Å²) in [7, 11) is 0. The summed E-state index contributed by atoms with van der Waals surface area (Å²) in [5.74, 6) is -0.552. The molecule has 2 aromatic rings. The molecule has 2 amide bonds. The van der Waals surface area contributed by atoms with E-state index in [0.29, 0.717) is 17.8 Å². The van der Waals surface area contributed by atoms with Gasteiger partial charge in [-0.1, -0.05) is 19.1 Å². The highest BCUT2D eigenvalue weighted by Crippen LogP contribution is 2.12. The van der Waals surface area contributed by atoms with E-state index >= 15 is 0 Å². The lowest BCUT2D eigenvalue weighted by Crippen LogP contribution is -2.41. The minimum absolute atomic E-state index is 0.209. The standard InChI is InChI=1S/C21H26N4O3/c1-2-16-3-5-18(6-4-16)24-21(27)19-15-17(7-8-22-19)20(26)23-9-10-25-11-13-28-14-12-25/h3-8,15H,2,9-14H2,1H3,(H,23,26)(H,24,27). The Bertz CT molecular complexity index is 802. The molecule has 0 atom stereocenters. The zero-order chi connectivity index (χ0) is 19.8. The van der Waals surface area contributed by atoms with Crippen LogP contribution in [0, 0.1) is 0 Å². The third kappa shape index (κ3) is 5.61. The number of aryl methyl sites for hydroxylation is 1. The maximum absolute atomic E-state index is 12.4. The summed E-state index contributed by atoms with van der Waals surface area (Å²) >= 11 is 0. The van der Waals surface area contributed by atoms with Crippen LogP contribution in [0.3, 0.4) is 0 Å². The van der Waals surface area contributed by atoms with Crippen molar-refractivity contribution in [2.75, 3.05) is 44.7 Å². The SMILES string of the molecule is CCc1ccc(NC(=O)c2cc(C(=O)NCCN3CCOCC3)ccn2)cc1. The van der Waals surface area contributed by atoms with Crippen molar-refractivity contribution in [3.63, 3.8) is 0 Å². The minimum Gasteiger partial charge on any atom is -0.379 e. The van der Waals surface area contributed by atoms with Gasteiger partial charge in [0.05, 0.1) is 13.2 Å². The number of carbonyl (C=O) groups is 2. The summed E-state index contributed by atoms with van der Waals surface area (Å²) in [6.45, 7) is 6.64. The Balaban J connectivity index is 1.54. The van der Waals surface area contributed by atoms with Gasteiger partial charge in [-0.3, -0.25) is 19.5 Å². The van der Waals surface area contributed by atoms with Crippen LogP contribution < -0.4 is 10.6 Å². The number of rotatable bonds is 7. The number of amides is 2. The van der Waals surface area contributed by atoms with Gasteiger partial charge in [-0.25, -0.2) is 0 Å². The quantitative estimate of drug-likeness (QED) is 0.765. The Morgan fingerprint density at radius 1 is 1.11 bits per heavy atom. The first-order valence-electron chi connectivity index (χ1n) is 9.60. The zero-order valence-corrected chi connectivity index (χ0v) is 16.1. The highest BCUT2D eigenvalue weighted by Gasteiger charge is 2.13.